The first kappa shape index (κ1) is 23.1. The van der Waals surface area contributed by atoms with Gasteiger partial charge < -0.3 is 9.13 Å². The Morgan fingerprint density at radius 3 is 1.88 bits per heavy atom. The van der Waals surface area contributed by atoms with Crippen LogP contribution in [-0.2, 0) is 0 Å². The van der Waals surface area contributed by atoms with Crippen molar-refractivity contribution in [3.63, 3.8) is 0 Å². The molecule has 6 aromatic carbocycles. The molecule has 0 atom stereocenters. The lowest BCUT2D eigenvalue weighted by Gasteiger charge is -2.11. The van der Waals surface area contributed by atoms with Crippen LogP contribution in [0.2, 0.25) is 0 Å². The fourth-order valence-electron chi connectivity index (χ4n) is 6.59. The van der Waals surface area contributed by atoms with Crippen LogP contribution in [-0.4, -0.2) is 14.1 Å². The van der Waals surface area contributed by atoms with E-state index in [1.54, 1.807) is 0 Å². The van der Waals surface area contributed by atoms with E-state index >= 15 is 0 Å². The van der Waals surface area contributed by atoms with E-state index in [4.69, 9.17) is 4.98 Å². The molecule has 0 aliphatic rings. The van der Waals surface area contributed by atoms with Gasteiger partial charge in [0.05, 0.1) is 27.6 Å². The van der Waals surface area contributed by atoms with E-state index < -0.39 is 0 Å². The number of benzene rings is 6. The minimum Gasteiger partial charge on any atom is -0.309 e. The highest BCUT2D eigenvalue weighted by molar-refractivity contribution is 6.11. The third kappa shape index (κ3) is 3.37. The maximum Gasteiger partial charge on any atom is 0.0963 e. The highest BCUT2D eigenvalue weighted by Crippen LogP contribution is 2.37. The molecule has 196 valence electrons. The molecule has 0 N–H and O–H groups in total. The molecule has 0 saturated heterocycles. The van der Waals surface area contributed by atoms with Gasteiger partial charge >= 0.3 is 0 Å². The largest absolute Gasteiger partial charge is 0.309 e. The maximum atomic E-state index is 5.04. The van der Waals surface area contributed by atoms with Gasteiger partial charge in [-0.25, -0.2) is 0 Å². The van der Waals surface area contributed by atoms with Crippen molar-refractivity contribution in [2.45, 2.75) is 0 Å². The van der Waals surface area contributed by atoms with Crippen molar-refractivity contribution in [1.29, 1.82) is 0 Å². The lowest BCUT2D eigenvalue weighted by Crippen LogP contribution is -1.95. The van der Waals surface area contributed by atoms with E-state index in [1.807, 2.05) is 6.20 Å². The number of rotatable bonds is 3. The SMILES string of the molecule is c1ccc(-n2c3ccccc3c3ncc(-c4ccc5c6ccccc6n(-c6ccc7ccccc7c6)c5c4)cc32)cc1. The molecule has 3 aromatic heterocycles. The van der Waals surface area contributed by atoms with E-state index in [0.29, 0.717) is 0 Å². The number of hydrogen-bond donors (Lipinski definition) is 0. The smallest absolute Gasteiger partial charge is 0.0963 e. The minimum absolute atomic E-state index is 1.02. The van der Waals surface area contributed by atoms with Gasteiger partial charge in [0.25, 0.3) is 0 Å². The molecule has 0 unspecified atom stereocenters. The second kappa shape index (κ2) is 8.92. The molecular weight excluding hydrogens is 510 g/mol. The Morgan fingerprint density at radius 1 is 0.381 bits per heavy atom. The van der Waals surface area contributed by atoms with Crippen LogP contribution < -0.4 is 0 Å². The molecule has 9 aromatic rings. The van der Waals surface area contributed by atoms with Crippen LogP contribution in [0, 0.1) is 0 Å². The molecule has 3 nitrogen and oxygen atoms in total. The molecule has 0 aliphatic carbocycles. The van der Waals surface area contributed by atoms with Gasteiger partial charge in [-0.3, -0.25) is 4.98 Å². The first-order chi connectivity index (χ1) is 20.8. The van der Waals surface area contributed by atoms with Crippen molar-refractivity contribution >= 4 is 54.5 Å². The summed E-state index contributed by atoms with van der Waals surface area (Å²) < 4.78 is 4.72. The highest BCUT2D eigenvalue weighted by atomic mass is 15.0. The molecule has 42 heavy (non-hydrogen) atoms. The molecule has 0 saturated carbocycles. The first-order valence-corrected chi connectivity index (χ1v) is 14.3. The summed E-state index contributed by atoms with van der Waals surface area (Å²) in [5, 5.41) is 6.14. The van der Waals surface area contributed by atoms with Gasteiger partial charge in [-0.15, -0.1) is 0 Å². The molecule has 0 radical (unpaired) electrons. The Labute approximate surface area is 242 Å². The van der Waals surface area contributed by atoms with Gasteiger partial charge in [-0.1, -0.05) is 97.1 Å². The van der Waals surface area contributed by atoms with Crippen LogP contribution >= 0.6 is 0 Å². The summed E-state index contributed by atoms with van der Waals surface area (Å²) in [6.07, 6.45) is 2.02. The Hall–Kier alpha value is -5.67. The summed E-state index contributed by atoms with van der Waals surface area (Å²) in [6.45, 7) is 0. The molecule has 3 heterocycles. The average Bonchev–Trinajstić information content (AvgIpc) is 3.57. The Bertz CT molecular complexity index is 2460. The molecular formula is C39H25N3. The van der Waals surface area contributed by atoms with Crippen molar-refractivity contribution < 1.29 is 0 Å². The van der Waals surface area contributed by atoms with Gasteiger partial charge in [0.15, 0.2) is 0 Å². The summed E-state index contributed by atoms with van der Waals surface area (Å²) >= 11 is 0. The Morgan fingerprint density at radius 2 is 1.02 bits per heavy atom. The number of nitrogens with zero attached hydrogens (tertiary/aromatic N) is 3. The van der Waals surface area contributed by atoms with Crippen LogP contribution in [0.5, 0.6) is 0 Å². The third-order valence-corrected chi connectivity index (χ3v) is 8.52. The summed E-state index contributed by atoms with van der Waals surface area (Å²) in [5.74, 6) is 0. The standard InChI is InChI=1S/C39H25N3/c1-2-12-30(13-3-1)41-36-17-9-7-15-34(36)39-38(41)24-29(25-40-39)28-19-21-33-32-14-6-8-16-35(32)42(37(33)23-28)31-20-18-26-10-4-5-11-27(26)22-31/h1-25H. The van der Waals surface area contributed by atoms with Crippen LogP contribution in [0.4, 0.5) is 0 Å². The molecule has 3 heteroatoms. The monoisotopic (exact) mass is 535 g/mol. The van der Waals surface area contributed by atoms with E-state index in [9.17, 15) is 0 Å². The summed E-state index contributed by atoms with van der Waals surface area (Å²) in [4.78, 5) is 5.04. The van der Waals surface area contributed by atoms with Gasteiger partial charge in [-0.2, -0.15) is 0 Å². The molecule has 9 rings (SSSR count). The van der Waals surface area contributed by atoms with Gasteiger partial charge in [0, 0.05) is 39.3 Å². The minimum atomic E-state index is 1.02. The van der Waals surface area contributed by atoms with Crippen LogP contribution in [0.3, 0.4) is 0 Å². The lowest BCUT2D eigenvalue weighted by molar-refractivity contribution is 1.17. The number of hydrogen-bond acceptors (Lipinski definition) is 1. The quantitative estimate of drug-likeness (QED) is 0.221. The fraction of sp³-hybridized carbons (Fsp3) is 0. The molecule has 0 fully saturated rings. The highest BCUT2D eigenvalue weighted by Gasteiger charge is 2.16. The number of pyridine rings is 1. The average molecular weight is 536 g/mol. The van der Waals surface area contributed by atoms with Crippen molar-refractivity contribution in [1.82, 2.24) is 14.1 Å². The first-order valence-electron chi connectivity index (χ1n) is 14.3. The van der Waals surface area contributed by atoms with Crippen molar-refractivity contribution in [3.8, 4) is 22.5 Å². The normalized spacial score (nSPS) is 11.8. The predicted molar refractivity (Wildman–Crippen MR) is 176 cm³/mol. The topological polar surface area (TPSA) is 22.8 Å². The van der Waals surface area contributed by atoms with Gasteiger partial charge in [0.2, 0.25) is 0 Å². The van der Waals surface area contributed by atoms with Crippen molar-refractivity contribution in [3.05, 3.63) is 152 Å². The lowest BCUT2D eigenvalue weighted by atomic mass is 10.0. The van der Waals surface area contributed by atoms with Crippen molar-refractivity contribution in [2.75, 3.05) is 0 Å². The Kier molecular flexibility index (Phi) is 4.90. The predicted octanol–water partition coefficient (Wildman–Crippen LogP) is 10.1. The number of aromatic nitrogens is 3. The number of fused-ring (bicyclic) bond motifs is 7. The second-order valence-electron chi connectivity index (χ2n) is 10.9. The second-order valence-corrected chi connectivity index (χ2v) is 10.9. The van der Waals surface area contributed by atoms with Crippen LogP contribution in [0.15, 0.2) is 152 Å². The molecule has 0 spiro atoms. The van der Waals surface area contributed by atoms with Gasteiger partial charge in [0.1, 0.15) is 0 Å². The zero-order valence-corrected chi connectivity index (χ0v) is 22.8. The fourth-order valence-corrected chi connectivity index (χ4v) is 6.59. The van der Waals surface area contributed by atoms with E-state index in [2.05, 4.69) is 155 Å². The van der Waals surface area contributed by atoms with Crippen LogP contribution in [0.1, 0.15) is 0 Å². The summed E-state index contributed by atoms with van der Waals surface area (Å²) in [5.41, 5.74) is 10.2. The van der Waals surface area contributed by atoms with Crippen LogP contribution in [0.25, 0.3) is 77.0 Å². The summed E-state index contributed by atoms with van der Waals surface area (Å²) in [6, 6.07) is 52.2. The zero-order valence-electron chi connectivity index (χ0n) is 22.8. The summed E-state index contributed by atoms with van der Waals surface area (Å²) in [7, 11) is 0. The zero-order chi connectivity index (χ0) is 27.6. The molecule has 0 amide bonds. The maximum absolute atomic E-state index is 5.04. The molecule has 0 aliphatic heterocycles. The third-order valence-electron chi connectivity index (χ3n) is 8.52. The Balaban J connectivity index is 1.30. The van der Waals surface area contributed by atoms with E-state index in [0.717, 1.165) is 44.4 Å². The van der Waals surface area contributed by atoms with E-state index in [-0.39, 0.29) is 0 Å². The molecule has 0 bridgehead atoms. The van der Waals surface area contributed by atoms with Gasteiger partial charge in [-0.05, 0) is 64.9 Å². The van der Waals surface area contributed by atoms with E-state index in [1.165, 1.54) is 32.6 Å². The number of para-hydroxylation sites is 3. The van der Waals surface area contributed by atoms with Crippen molar-refractivity contribution in [2.24, 2.45) is 0 Å².